The molecule has 3 N–H and O–H groups in total. The summed E-state index contributed by atoms with van der Waals surface area (Å²) in [6.07, 6.45) is 12.9. The average Bonchev–Trinajstić information content (AvgIpc) is 3.66. The number of aliphatic carboxylic acids is 1. The molecule has 3 aliphatic rings. The zero-order valence-electron chi connectivity index (χ0n) is 26.3. The van der Waals surface area contributed by atoms with Gasteiger partial charge in [-0.15, -0.1) is 0 Å². The van der Waals surface area contributed by atoms with Crippen molar-refractivity contribution in [2.75, 3.05) is 13.7 Å². The predicted octanol–water partition coefficient (Wildman–Crippen LogP) is 5.04. The smallest absolute Gasteiger partial charge is 0.332 e. The standard InChI is InChI=1S/C36H38N4O4/c1-10-24-22(7)30(15-29-21(6)20(5)28(39-29)14-27-19(4)18(3)26(11-2)38-27)40-31(24)16-32-36(8)23(17-37-32)12-13-25(34(41)42)33(36)35(43)44-9/h10-16,33,39-40H,1-2,17H2,3-9H3,(H,41,42)/b27-14-,30-15-,31-16-. The number of carbonyl (C=O) groups is 2. The minimum Gasteiger partial charge on any atom is -0.478 e. The minimum absolute atomic E-state index is 0.0139. The number of aromatic amines is 2. The number of carboxylic acid groups (broad SMARTS) is 1. The van der Waals surface area contributed by atoms with Crippen LogP contribution in [-0.4, -0.2) is 52.1 Å². The van der Waals surface area contributed by atoms with E-state index in [9.17, 15) is 14.7 Å². The lowest BCUT2D eigenvalue weighted by Crippen LogP contribution is -2.44. The van der Waals surface area contributed by atoms with E-state index in [1.165, 1.54) is 13.2 Å². The molecule has 0 fully saturated rings. The van der Waals surface area contributed by atoms with Crippen LogP contribution in [0.3, 0.4) is 0 Å². The number of methoxy groups -OCH3 is 1. The highest BCUT2D eigenvalue weighted by molar-refractivity contribution is 6.19. The van der Waals surface area contributed by atoms with Gasteiger partial charge >= 0.3 is 11.9 Å². The number of ether oxygens (including phenoxy) is 1. The van der Waals surface area contributed by atoms with Crippen molar-refractivity contribution >= 4 is 47.7 Å². The molecule has 0 amide bonds. The number of hydrogen-bond acceptors (Lipinski definition) is 5. The van der Waals surface area contributed by atoms with Gasteiger partial charge in [0.2, 0.25) is 0 Å². The van der Waals surface area contributed by atoms with E-state index in [-0.39, 0.29) is 5.57 Å². The first kappa shape index (κ1) is 30.5. The van der Waals surface area contributed by atoms with Crippen LogP contribution < -0.4 is 10.7 Å². The Morgan fingerprint density at radius 3 is 2.23 bits per heavy atom. The second-order valence-electron chi connectivity index (χ2n) is 11.6. The number of rotatable bonds is 7. The molecule has 226 valence electrons. The highest BCUT2D eigenvalue weighted by atomic mass is 16.5. The van der Waals surface area contributed by atoms with Crippen LogP contribution >= 0.6 is 0 Å². The number of esters is 1. The van der Waals surface area contributed by atoms with Crippen LogP contribution in [-0.2, 0) is 14.3 Å². The Kier molecular flexibility index (Phi) is 7.80. The van der Waals surface area contributed by atoms with Crippen molar-refractivity contribution in [1.29, 1.82) is 0 Å². The van der Waals surface area contributed by atoms with E-state index in [1.54, 1.807) is 18.2 Å². The number of nitrogens with one attached hydrogen (secondary N) is 2. The number of fused-ring (bicyclic) bond motifs is 1. The van der Waals surface area contributed by atoms with Crippen molar-refractivity contribution < 1.29 is 19.4 Å². The lowest BCUT2D eigenvalue weighted by Gasteiger charge is -2.36. The van der Waals surface area contributed by atoms with E-state index in [4.69, 9.17) is 14.7 Å². The second-order valence-corrected chi connectivity index (χ2v) is 11.6. The number of aromatic nitrogens is 2. The van der Waals surface area contributed by atoms with Crippen LogP contribution in [0.25, 0.3) is 24.3 Å². The number of carbonyl (C=O) groups excluding carboxylic acids is 1. The summed E-state index contributed by atoms with van der Waals surface area (Å²) >= 11 is 0. The number of nitrogens with zero attached hydrogens (tertiary/aromatic N) is 2. The van der Waals surface area contributed by atoms with Crippen molar-refractivity contribution in [3.05, 3.63) is 104 Å². The van der Waals surface area contributed by atoms with Crippen molar-refractivity contribution in [3.8, 4) is 0 Å². The molecule has 8 heteroatoms. The van der Waals surface area contributed by atoms with Crippen molar-refractivity contribution in [3.63, 3.8) is 0 Å². The first-order valence-corrected chi connectivity index (χ1v) is 14.5. The Balaban J connectivity index is 1.60. The first-order chi connectivity index (χ1) is 20.9. The highest BCUT2D eigenvalue weighted by Gasteiger charge is 2.52. The Morgan fingerprint density at radius 2 is 1.64 bits per heavy atom. The monoisotopic (exact) mass is 590 g/mol. The van der Waals surface area contributed by atoms with E-state index >= 15 is 0 Å². The maximum absolute atomic E-state index is 13.0. The second kappa shape index (κ2) is 11.3. The maximum Gasteiger partial charge on any atom is 0.332 e. The van der Waals surface area contributed by atoms with Crippen molar-refractivity contribution in [2.45, 2.75) is 41.5 Å². The molecule has 1 aliphatic carbocycles. The molecule has 2 aromatic rings. The maximum atomic E-state index is 13.0. The topological polar surface area (TPSA) is 120 Å². The molecule has 2 unspecified atom stereocenters. The largest absolute Gasteiger partial charge is 0.478 e. The molecule has 0 bridgehead atoms. The summed E-state index contributed by atoms with van der Waals surface area (Å²) in [5.41, 5.74) is 10.7. The summed E-state index contributed by atoms with van der Waals surface area (Å²) in [6, 6.07) is 0. The van der Waals surface area contributed by atoms with Crippen LogP contribution in [0.4, 0.5) is 0 Å². The van der Waals surface area contributed by atoms with Crippen LogP contribution in [0.1, 0.15) is 54.4 Å². The highest BCUT2D eigenvalue weighted by Crippen LogP contribution is 2.48. The van der Waals surface area contributed by atoms with Gasteiger partial charge in [-0.2, -0.15) is 0 Å². The molecule has 2 aromatic heterocycles. The third-order valence-corrected chi connectivity index (χ3v) is 9.48. The van der Waals surface area contributed by atoms with E-state index < -0.39 is 23.3 Å². The summed E-state index contributed by atoms with van der Waals surface area (Å²) in [6.45, 7) is 20.5. The van der Waals surface area contributed by atoms with Crippen molar-refractivity contribution in [2.24, 2.45) is 21.3 Å². The van der Waals surface area contributed by atoms with Gasteiger partial charge in [0.05, 0.1) is 36.1 Å². The molecule has 0 aromatic carbocycles. The quantitative estimate of drug-likeness (QED) is 0.392. The van der Waals surface area contributed by atoms with Crippen LogP contribution in [0.2, 0.25) is 0 Å². The summed E-state index contributed by atoms with van der Waals surface area (Å²) < 4.78 is 5.07. The molecule has 0 saturated carbocycles. The number of H-pyrrole nitrogens is 2. The number of carboxylic acids is 1. The van der Waals surface area contributed by atoms with Gasteiger partial charge in [-0.1, -0.05) is 31.4 Å². The molecule has 8 nitrogen and oxygen atoms in total. The average molecular weight is 591 g/mol. The molecule has 2 aliphatic heterocycles. The van der Waals surface area contributed by atoms with Gasteiger partial charge in [0.15, 0.2) is 0 Å². The summed E-state index contributed by atoms with van der Waals surface area (Å²) in [5.74, 6) is -2.79. The molecule has 4 heterocycles. The Labute approximate surface area is 257 Å². The molecule has 44 heavy (non-hydrogen) atoms. The van der Waals surface area contributed by atoms with E-state index in [1.807, 2.05) is 19.9 Å². The minimum atomic E-state index is -1.16. The zero-order valence-corrected chi connectivity index (χ0v) is 26.3. The Bertz CT molecular complexity index is 1970. The number of aliphatic imine (C=N–C) groups is 2. The van der Waals surface area contributed by atoms with Crippen LogP contribution in [0.5, 0.6) is 0 Å². The SMILES string of the molecule is C=CC1=N/C(=C\c2[nH]c(/C=c3\[nH]/c(=C\C4=NCC5=CC=C(C(=O)O)C(C(=O)OC)C54C)c(C=C)c3C)c(C)c2C)C(C)=C1C. The summed E-state index contributed by atoms with van der Waals surface area (Å²) in [5, 5.41) is 11.6. The third kappa shape index (κ3) is 4.71. The Hall–Kier alpha value is -4.98. The van der Waals surface area contributed by atoms with Gasteiger partial charge in [0, 0.05) is 33.4 Å². The van der Waals surface area contributed by atoms with Crippen LogP contribution in [0.15, 0.2) is 69.4 Å². The van der Waals surface area contributed by atoms with Crippen LogP contribution in [0, 0.1) is 32.1 Å². The van der Waals surface area contributed by atoms with Gasteiger partial charge in [-0.3, -0.25) is 9.79 Å². The zero-order chi connectivity index (χ0) is 32.1. The van der Waals surface area contributed by atoms with E-state index in [2.05, 4.69) is 63.0 Å². The van der Waals surface area contributed by atoms with Gasteiger partial charge in [-0.25, -0.2) is 9.79 Å². The van der Waals surface area contributed by atoms with Gasteiger partial charge in [0.1, 0.15) is 5.92 Å². The molecular formula is C36H38N4O4. The molecule has 0 spiro atoms. The third-order valence-electron chi connectivity index (χ3n) is 9.48. The fraction of sp³-hybridized carbons (Fsp3) is 0.278. The van der Waals surface area contributed by atoms with E-state index in [0.29, 0.717) is 12.3 Å². The number of allylic oxidation sites excluding steroid dienone is 5. The van der Waals surface area contributed by atoms with Gasteiger partial charge < -0.3 is 19.8 Å². The van der Waals surface area contributed by atoms with Crippen molar-refractivity contribution in [1.82, 2.24) is 9.97 Å². The molecule has 0 radical (unpaired) electrons. The molecular weight excluding hydrogens is 552 g/mol. The lowest BCUT2D eigenvalue weighted by molar-refractivity contribution is -0.148. The molecule has 2 atom stereocenters. The summed E-state index contributed by atoms with van der Waals surface area (Å²) in [4.78, 5) is 41.7. The lowest BCUT2D eigenvalue weighted by atomic mass is 9.64. The first-order valence-electron chi connectivity index (χ1n) is 14.5. The van der Waals surface area contributed by atoms with Gasteiger partial charge in [-0.05, 0) is 99.3 Å². The summed E-state index contributed by atoms with van der Waals surface area (Å²) in [7, 11) is 1.27. The normalized spacial score (nSPS) is 23.0. The Morgan fingerprint density at radius 1 is 0.955 bits per heavy atom. The molecule has 0 saturated heterocycles. The predicted molar refractivity (Wildman–Crippen MR) is 177 cm³/mol. The molecule has 5 rings (SSSR count). The van der Waals surface area contributed by atoms with E-state index in [0.717, 1.165) is 72.5 Å². The number of hydrogen-bond donors (Lipinski definition) is 3. The fourth-order valence-corrected chi connectivity index (χ4v) is 6.33. The fourth-order valence-electron chi connectivity index (χ4n) is 6.33. The van der Waals surface area contributed by atoms with Gasteiger partial charge in [0.25, 0.3) is 0 Å².